The molecule has 5 rings (SSSR count). The largest absolute Gasteiger partial charge is 0.457 e. The zero-order valence-corrected chi connectivity index (χ0v) is 22.9. The number of ketones is 2. The Morgan fingerprint density at radius 2 is 1.85 bits per heavy atom. The van der Waals surface area contributed by atoms with Gasteiger partial charge in [0.1, 0.15) is 6.17 Å². The van der Waals surface area contributed by atoms with E-state index in [-0.39, 0.29) is 48.6 Å². The number of allylic oxidation sites excluding steroid dienone is 4. The minimum Gasteiger partial charge on any atom is -0.378 e. The van der Waals surface area contributed by atoms with Gasteiger partial charge in [0.05, 0.1) is 5.41 Å². The SMILES string of the molecule is CCC(=O)[C@]1(C#CC(F)(F)F)CC[C@H]2[C@@H]3CC(F)C4=CC(=O)CCC4=C3[C@@H](c3ccc(N(C)C)cc3)C[C@@]21C. The normalized spacial score (nSPS) is 33.8. The number of halogens is 4. The van der Waals surface area contributed by atoms with Gasteiger partial charge in [-0.25, -0.2) is 4.39 Å². The standard InChI is InChI=1S/C32H35F4NO2/c1-5-28(39)31(14-15-32(34,35)36)13-12-26-24-17-27(33)23-16-21(38)10-11-22(23)29(24)25(18-30(26,31)2)19-6-8-20(9-7-19)37(3)4/h6-9,16,24-27H,5,10-13,17-18H2,1-4H3/t24-,25+,26-,27?,30-,31+/m0/s1. The predicted molar refractivity (Wildman–Crippen MR) is 143 cm³/mol. The van der Waals surface area contributed by atoms with E-state index >= 15 is 4.39 Å². The second-order valence-electron chi connectivity index (χ2n) is 12.0. The van der Waals surface area contributed by atoms with Crippen LogP contribution in [0.2, 0.25) is 0 Å². The molecular weight excluding hydrogens is 506 g/mol. The molecule has 0 radical (unpaired) electrons. The Balaban J connectivity index is 1.72. The van der Waals surface area contributed by atoms with Gasteiger partial charge in [0, 0.05) is 44.5 Å². The van der Waals surface area contributed by atoms with Gasteiger partial charge in [0.2, 0.25) is 0 Å². The molecule has 1 aromatic rings. The number of hydrogen-bond donors (Lipinski definition) is 0. The summed E-state index contributed by atoms with van der Waals surface area (Å²) >= 11 is 0. The molecule has 3 nitrogen and oxygen atoms in total. The third-order valence-corrected chi connectivity index (χ3v) is 9.97. The Kier molecular flexibility index (Phi) is 6.84. The van der Waals surface area contributed by atoms with Crippen molar-refractivity contribution in [3.63, 3.8) is 0 Å². The Labute approximate surface area is 227 Å². The fraction of sp³-hybridized carbons (Fsp3) is 0.562. The molecule has 0 spiro atoms. The summed E-state index contributed by atoms with van der Waals surface area (Å²) in [5.41, 5.74) is 2.20. The van der Waals surface area contributed by atoms with Gasteiger partial charge in [-0.1, -0.05) is 37.5 Å². The summed E-state index contributed by atoms with van der Waals surface area (Å²) in [6.45, 7) is 3.60. The van der Waals surface area contributed by atoms with E-state index in [0.29, 0.717) is 31.3 Å². The van der Waals surface area contributed by atoms with Crippen LogP contribution in [0.15, 0.2) is 47.1 Å². The summed E-state index contributed by atoms with van der Waals surface area (Å²) < 4.78 is 55.9. The number of anilines is 1. The third kappa shape index (κ3) is 4.44. The lowest BCUT2D eigenvalue weighted by Gasteiger charge is -2.55. The molecular formula is C32H35F4NO2. The maximum absolute atomic E-state index is 15.7. The minimum absolute atomic E-state index is 0.0705. The van der Waals surface area contributed by atoms with E-state index in [1.54, 1.807) is 6.92 Å². The zero-order chi connectivity index (χ0) is 28.3. The highest BCUT2D eigenvalue weighted by atomic mass is 19.4. The lowest BCUT2D eigenvalue weighted by Crippen LogP contribution is -2.51. The van der Waals surface area contributed by atoms with Crippen molar-refractivity contribution < 1.29 is 27.2 Å². The molecule has 0 aliphatic heterocycles. The Morgan fingerprint density at radius 3 is 2.46 bits per heavy atom. The van der Waals surface area contributed by atoms with Crippen LogP contribution >= 0.6 is 0 Å². The van der Waals surface area contributed by atoms with Crippen molar-refractivity contribution in [2.75, 3.05) is 19.0 Å². The van der Waals surface area contributed by atoms with Gasteiger partial charge in [-0.2, -0.15) is 13.2 Å². The fourth-order valence-corrected chi connectivity index (χ4v) is 8.18. The van der Waals surface area contributed by atoms with Crippen molar-refractivity contribution in [1.29, 1.82) is 0 Å². The lowest BCUT2D eigenvalue weighted by molar-refractivity contribution is -0.132. The summed E-state index contributed by atoms with van der Waals surface area (Å²) in [5, 5.41) is 0. The molecule has 0 N–H and O–H groups in total. The van der Waals surface area contributed by atoms with Crippen molar-refractivity contribution in [2.24, 2.45) is 22.7 Å². The van der Waals surface area contributed by atoms with Crippen LogP contribution in [0.5, 0.6) is 0 Å². The number of benzene rings is 1. The maximum Gasteiger partial charge on any atom is 0.457 e. The van der Waals surface area contributed by atoms with Gasteiger partial charge in [-0.3, -0.25) is 9.59 Å². The monoisotopic (exact) mass is 541 g/mol. The van der Waals surface area contributed by atoms with Crippen molar-refractivity contribution >= 4 is 17.3 Å². The summed E-state index contributed by atoms with van der Waals surface area (Å²) in [4.78, 5) is 27.8. The highest BCUT2D eigenvalue weighted by Crippen LogP contribution is 2.70. The van der Waals surface area contributed by atoms with Gasteiger partial charge in [0.25, 0.3) is 0 Å². The van der Waals surface area contributed by atoms with E-state index in [1.165, 1.54) is 12.0 Å². The molecule has 0 heterocycles. The molecule has 1 aromatic carbocycles. The first-order valence-electron chi connectivity index (χ1n) is 13.8. The van der Waals surface area contributed by atoms with E-state index in [2.05, 4.69) is 5.92 Å². The van der Waals surface area contributed by atoms with E-state index in [1.807, 2.05) is 50.2 Å². The summed E-state index contributed by atoms with van der Waals surface area (Å²) in [5.74, 6) is 3.03. The van der Waals surface area contributed by atoms with E-state index in [0.717, 1.165) is 22.4 Å². The van der Waals surface area contributed by atoms with E-state index in [9.17, 15) is 22.8 Å². The molecule has 2 fully saturated rings. The molecule has 208 valence electrons. The fourth-order valence-electron chi connectivity index (χ4n) is 8.18. The molecule has 1 unspecified atom stereocenters. The topological polar surface area (TPSA) is 37.4 Å². The quantitative estimate of drug-likeness (QED) is 0.301. The Hall–Kier alpha value is -2.88. The second kappa shape index (κ2) is 9.64. The van der Waals surface area contributed by atoms with Crippen LogP contribution < -0.4 is 4.90 Å². The smallest absolute Gasteiger partial charge is 0.378 e. The highest BCUT2D eigenvalue weighted by Gasteiger charge is 2.65. The summed E-state index contributed by atoms with van der Waals surface area (Å²) in [6.07, 6.45) is -2.28. The first-order valence-corrected chi connectivity index (χ1v) is 13.8. The van der Waals surface area contributed by atoms with Gasteiger partial charge in [-0.15, -0.1) is 0 Å². The second-order valence-corrected chi connectivity index (χ2v) is 12.0. The molecule has 0 aromatic heterocycles. The number of alkyl halides is 4. The van der Waals surface area contributed by atoms with E-state index < -0.39 is 23.2 Å². The van der Waals surface area contributed by atoms with Gasteiger partial charge in [-0.05, 0) is 84.3 Å². The number of carbonyl (C=O) groups is 2. The Morgan fingerprint density at radius 1 is 1.15 bits per heavy atom. The predicted octanol–water partition coefficient (Wildman–Crippen LogP) is 7.13. The average Bonchev–Trinajstić information content (AvgIpc) is 3.19. The molecule has 2 saturated carbocycles. The molecule has 0 amide bonds. The number of fused-ring (bicyclic) bond motifs is 4. The van der Waals surface area contributed by atoms with Crippen LogP contribution in [0.25, 0.3) is 0 Å². The molecule has 6 atom stereocenters. The highest BCUT2D eigenvalue weighted by molar-refractivity contribution is 5.93. The first kappa shape index (κ1) is 27.7. The molecule has 0 saturated heterocycles. The minimum atomic E-state index is -4.71. The third-order valence-electron chi connectivity index (χ3n) is 9.97. The van der Waals surface area contributed by atoms with Crippen LogP contribution in [0, 0.1) is 34.5 Å². The summed E-state index contributed by atoms with van der Waals surface area (Å²) in [6, 6.07) is 8.09. The van der Waals surface area contributed by atoms with Gasteiger partial charge < -0.3 is 4.90 Å². The van der Waals surface area contributed by atoms with Crippen molar-refractivity contribution in [1.82, 2.24) is 0 Å². The number of rotatable bonds is 4. The zero-order valence-electron chi connectivity index (χ0n) is 22.9. The maximum atomic E-state index is 15.7. The van der Waals surface area contributed by atoms with Crippen LogP contribution in [-0.4, -0.2) is 38.0 Å². The van der Waals surface area contributed by atoms with Crippen LogP contribution in [0.3, 0.4) is 0 Å². The number of carbonyl (C=O) groups excluding carboxylic acids is 2. The molecule has 7 heteroatoms. The van der Waals surface area contributed by atoms with Crippen molar-refractivity contribution in [3.8, 4) is 11.8 Å². The lowest BCUT2D eigenvalue weighted by atomic mass is 9.48. The average molecular weight is 542 g/mol. The molecule has 4 aliphatic rings. The summed E-state index contributed by atoms with van der Waals surface area (Å²) in [7, 11) is 3.89. The van der Waals surface area contributed by atoms with Crippen molar-refractivity contribution in [2.45, 2.75) is 77.1 Å². The molecule has 4 aliphatic carbocycles. The number of Topliss-reactive ketones (excluding diaryl/α,β-unsaturated/α-hetero) is 1. The first-order chi connectivity index (χ1) is 18.3. The van der Waals surface area contributed by atoms with Crippen LogP contribution in [0.4, 0.5) is 23.2 Å². The van der Waals surface area contributed by atoms with E-state index in [4.69, 9.17) is 0 Å². The number of nitrogens with zero attached hydrogens (tertiary/aromatic N) is 1. The van der Waals surface area contributed by atoms with Crippen LogP contribution in [0.1, 0.15) is 70.3 Å². The number of hydrogen-bond acceptors (Lipinski definition) is 3. The molecule has 0 bridgehead atoms. The Bertz CT molecular complexity index is 1310. The van der Waals surface area contributed by atoms with Gasteiger partial charge >= 0.3 is 6.18 Å². The van der Waals surface area contributed by atoms with Crippen LogP contribution in [-0.2, 0) is 9.59 Å². The van der Waals surface area contributed by atoms with Gasteiger partial charge in [0.15, 0.2) is 11.6 Å². The molecule has 39 heavy (non-hydrogen) atoms. The van der Waals surface area contributed by atoms with Crippen molar-refractivity contribution in [3.05, 3.63) is 52.6 Å².